The van der Waals surface area contributed by atoms with Crippen LogP contribution in [-0.2, 0) is 23.8 Å². The molecule has 10 heteroatoms. The van der Waals surface area contributed by atoms with Crippen LogP contribution in [0.3, 0.4) is 0 Å². The first-order chi connectivity index (χ1) is 13.8. The monoisotopic (exact) mass is 439 g/mol. The molecule has 0 aliphatic heterocycles. The van der Waals surface area contributed by atoms with Crippen LogP contribution < -0.4 is 10.9 Å². The number of amides is 1. The average Bonchev–Trinajstić information content (AvgIpc) is 3.05. The van der Waals surface area contributed by atoms with E-state index in [0.717, 1.165) is 49.1 Å². The smallest absolute Gasteiger partial charge is 0.325 e. The fourth-order valence-electron chi connectivity index (χ4n) is 3.37. The number of anilines is 1. The Hall–Kier alpha value is -2.33. The standard InChI is InChI=1S/C19H16F3N3O2S2/c20-19(21,22)11-6-2-3-7-12(11)23-14(26)9-28-18-24-16(27)15-10-5-1-4-8-13(10)29-17(15)25-18/h2-3,6-7H,1,4-5,8-9H2,(H,23,26)(H,24,25,27). The van der Waals surface area contributed by atoms with E-state index in [1.165, 1.54) is 34.4 Å². The molecular weight excluding hydrogens is 423 g/mol. The van der Waals surface area contributed by atoms with Gasteiger partial charge in [-0.2, -0.15) is 13.2 Å². The lowest BCUT2D eigenvalue weighted by Gasteiger charge is -2.13. The van der Waals surface area contributed by atoms with Gasteiger partial charge >= 0.3 is 6.18 Å². The summed E-state index contributed by atoms with van der Waals surface area (Å²) in [4.78, 5) is 33.6. The number of nitrogens with one attached hydrogen (secondary N) is 2. The van der Waals surface area contributed by atoms with Gasteiger partial charge in [-0.1, -0.05) is 23.9 Å². The van der Waals surface area contributed by atoms with Crippen molar-refractivity contribution in [3.63, 3.8) is 0 Å². The molecule has 0 atom stereocenters. The zero-order valence-electron chi connectivity index (χ0n) is 15.1. The van der Waals surface area contributed by atoms with Gasteiger partial charge in [0, 0.05) is 4.88 Å². The van der Waals surface area contributed by atoms with Crippen molar-refractivity contribution in [3.8, 4) is 0 Å². The zero-order chi connectivity index (χ0) is 20.6. The lowest BCUT2D eigenvalue weighted by Crippen LogP contribution is -2.18. The molecule has 2 heterocycles. The molecule has 0 unspecified atom stereocenters. The van der Waals surface area contributed by atoms with Gasteiger partial charge in [-0.05, 0) is 43.4 Å². The Morgan fingerprint density at radius 3 is 2.79 bits per heavy atom. The number of aromatic amines is 1. The minimum absolute atomic E-state index is 0.175. The van der Waals surface area contributed by atoms with Crippen molar-refractivity contribution in [2.75, 3.05) is 11.1 Å². The predicted octanol–water partition coefficient (Wildman–Crippen LogP) is 4.61. The molecule has 5 nitrogen and oxygen atoms in total. The molecule has 0 spiro atoms. The Morgan fingerprint density at radius 1 is 1.24 bits per heavy atom. The van der Waals surface area contributed by atoms with Gasteiger partial charge < -0.3 is 10.3 Å². The van der Waals surface area contributed by atoms with Crippen LogP contribution in [-0.4, -0.2) is 21.6 Å². The summed E-state index contributed by atoms with van der Waals surface area (Å²) < 4.78 is 39.1. The molecule has 1 aromatic carbocycles. The number of para-hydroxylation sites is 1. The summed E-state index contributed by atoms with van der Waals surface area (Å²) in [5.74, 6) is -0.786. The third-order valence-electron chi connectivity index (χ3n) is 4.65. The highest BCUT2D eigenvalue weighted by Gasteiger charge is 2.33. The highest BCUT2D eigenvalue weighted by Crippen LogP contribution is 2.35. The maximum Gasteiger partial charge on any atom is 0.418 e. The van der Waals surface area contributed by atoms with Crippen LogP contribution in [0.2, 0.25) is 0 Å². The van der Waals surface area contributed by atoms with Crippen molar-refractivity contribution in [1.82, 2.24) is 9.97 Å². The summed E-state index contributed by atoms with van der Waals surface area (Å²) in [5, 5.41) is 3.18. The van der Waals surface area contributed by atoms with Crippen molar-refractivity contribution < 1.29 is 18.0 Å². The average molecular weight is 439 g/mol. The quantitative estimate of drug-likeness (QED) is 0.460. The second-order valence-corrected chi connectivity index (χ2v) is 8.69. The fourth-order valence-corrected chi connectivity index (χ4v) is 5.35. The number of halogens is 3. The minimum atomic E-state index is -4.56. The Kier molecular flexibility index (Phi) is 5.39. The second-order valence-electron chi connectivity index (χ2n) is 6.64. The number of benzene rings is 1. The largest absolute Gasteiger partial charge is 0.418 e. The van der Waals surface area contributed by atoms with Gasteiger partial charge in [-0.25, -0.2) is 4.98 Å². The molecule has 0 bridgehead atoms. The van der Waals surface area contributed by atoms with E-state index in [1.54, 1.807) is 0 Å². The van der Waals surface area contributed by atoms with Gasteiger partial charge in [0.1, 0.15) is 4.83 Å². The third-order valence-corrected chi connectivity index (χ3v) is 6.71. The molecule has 4 rings (SSSR count). The van der Waals surface area contributed by atoms with Crippen LogP contribution in [0.4, 0.5) is 18.9 Å². The summed E-state index contributed by atoms with van der Waals surface area (Å²) in [7, 11) is 0. The molecule has 2 aromatic heterocycles. The van der Waals surface area contributed by atoms with Crippen molar-refractivity contribution in [2.45, 2.75) is 37.0 Å². The van der Waals surface area contributed by atoms with Crippen LogP contribution in [0.5, 0.6) is 0 Å². The van der Waals surface area contributed by atoms with Crippen LogP contribution in [0.15, 0.2) is 34.2 Å². The number of nitrogens with zero attached hydrogens (tertiary/aromatic N) is 1. The number of rotatable bonds is 4. The molecule has 3 aromatic rings. The number of thioether (sulfide) groups is 1. The lowest BCUT2D eigenvalue weighted by molar-refractivity contribution is -0.137. The molecular formula is C19H16F3N3O2S2. The van der Waals surface area contributed by atoms with Gasteiger partial charge in [-0.3, -0.25) is 9.59 Å². The summed E-state index contributed by atoms with van der Waals surface area (Å²) in [6, 6.07) is 4.79. The van der Waals surface area contributed by atoms with Gasteiger partial charge in [0.15, 0.2) is 5.16 Å². The summed E-state index contributed by atoms with van der Waals surface area (Å²) in [6.45, 7) is 0. The molecule has 1 aliphatic carbocycles. The maximum atomic E-state index is 13.0. The van der Waals surface area contributed by atoms with Crippen molar-refractivity contribution in [2.24, 2.45) is 0 Å². The molecule has 1 aliphatic rings. The lowest BCUT2D eigenvalue weighted by atomic mass is 9.97. The van der Waals surface area contributed by atoms with Gasteiger partial charge in [0.05, 0.1) is 22.4 Å². The molecule has 0 saturated heterocycles. The fraction of sp³-hybridized carbons (Fsp3) is 0.316. The number of carbonyl (C=O) groups excluding carboxylic acids is 1. The first-order valence-electron chi connectivity index (χ1n) is 8.96. The number of thiophene rings is 1. The highest BCUT2D eigenvalue weighted by atomic mass is 32.2. The maximum absolute atomic E-state index is 13.0. The molecule has 0 saturated carbocycles. The Labute approximate surface area is 171 Å². The number of fused-ring (bicyclic) bond motifs is 3. The summed E-state index contributed by atoms with van der Waals surface area (Å²) >= 11 is 2.48. The molecule has 29 heavy (non-hydrogen) atoms. The van der Waals surface area contributed by atoms with E-state index >= 15 is 0 Å². The van der Waals surface area contributed by atoms with Gasteiger partial charge in [-0.15, -0.1) is 11.3 Å². The molecule has 1 amide bonds. The number of hydrogen-bond acceptors (Lipinski definition) is 5. The van der Waals surface area contributed by atoms with Crippen LogP contribution >= 0.6 is 23.1 Å². The van der Waals surface area contributed by atoms with E-state index < -0.39 is 17.6 Å². The summed E-state index contributed by atoms with van der Waals surface area (Å²) in [5.41, 5.74) is -0.369. The first kappa shape index (κ1) is 20.0. The normalized spacial score (nSPS) is 14.0. The Bertz CT molecular complexity index is 1140. The number of H-pyrrole nitrogens is 1. The predicted molar refractivity (Wildman–Crippen MR) is 108 cm³/mol. The van der Waals surface area contributed by atoms with E-state index in [0.29, 0.717) is 10.2 Å². The third kappa shape index (κ3) is 4.18. The zero-order valence-corrected chi connectivity index (χ0v) is 16.7. The molecule has 0 fully saturated rings. The van der Waals surface area contributed by atoms with E-state index in [1.807, 2.05) is 0 Å². The van der Waals surface area contributed by atoms with Gasteiger partial charge in [0.2, 0.25) is 5.91 Å². The van der Waals surface area contributed by atoms with Crippen molar-refractivity contribution in [1.29, 1.82) is 0 Å². The van der Waals surface area contributed by atoms with E-state index in [2.05, 4.69) is 15.3 Å². The van der Waals surface area contributed by atoms with Crippen LogP contribution in [0.25, 0.3) is 10.2 Å². The first-order valence-corrected chi connectivity index (χ1v) is 10.8. The van der Waals surface area contributed by atoms with Gasteiger partial charge in [0.25, 0.3) is 5.56 Å². The van der Waals surface area contributed by atoms with E-state index in [9.17, 15) is 22.8 Å². The number of alkyl halides is 3. The molecule has 2 N–H and O–H groups in total. The topological polar surface area (TPSA) is 74.8 Å². The van der Waals surface area contributed by atoms with E-state index in [4.69, 9.17) is 0 Å². The van der Waals surface area contributed by atoms with Crippen molar-refractivity contribution in [3.05, 3.63) is 50.6 Å². The SMILES string of the molecule is O=C(CSc1nc2sc3c(c2c(=O)[nH]1)CCCC3)Nc1ccccc1C(F)(F)F. The highest BCUT2D eigenvalue weighted by molar-refractivity contribution is 7.99. The van der Waals surface area contributed by atoms with Crippen LogP contribution in [0.1, 0.15) is 28.8 Å². The van der Waals surface area contributed by atoms with Crippen LogP contribution in [0, 0.1) is 0 Å². The number of carbonyl (C=O) groups is 1. The number of aromatic nitrogens is 2. The number of aryl methyl sites for hydroxylation is 2. The number of hydrogen-bond donors (Lipinski definition) is 2. The molecule has 152 valence electrons. The summed E-state index contributed by atoms with van der Waals surface area (Å²) in [6.07, 6.45) is -0.604. The Balaban J connectivity index is 1.49. The van der Waals surface area contributed by atoms with E-state index in [-0.39, 0.29) is 22.2 Å². The minimum Gasteiger partial charge on any atom is -0.325 e. The second kappa shape index (κ2) is 7.83. The van der Waals surface area contributed by atoms with Crippen molar-refractivity contribution >= 4 is 44.9 Å². The Morgan fingerprint density at radius 2 is 2.00 bits per heavy atom. The molecule has 0 radical (unpaired) electrons.